The highest BCUT2D eigenvalue weighted by Crippen LogP contribution is 2.32. The number of anilines is 1. The zero-order valence-electron chi connectivity index (χ0n) is 19.0. The number of nitrogens with zero attached hydrogens (tertiary/aromatic N) is 1. The van der Waals surface area contributed by atoms with E-state index in [1.807, 2.05) is 30.3 Å². The number of nitrogens with one attached hydrogen (secondary N) is 3. The fourth-order valence-corrected chi connectivity index (χ4v) is 3.62. The van der Waals surface area contributed by atoms with Crippen molar-refractivity contribution >= 4 is 40.9 Å². The van der Waals surface area contributed by atoms with Crippen LogP contribution in [0.25, 0.3) is 11.0 Å². The van der Waals surface area contributed by atoms with Gasteiger partial charge in [-0.2, -0.15) is 13.2 Å². The molecule has 3 N–H and O–H groups in total. The number of methoxy groups -OCH3 is 1. The number of aromatic nitrogens is 2. The smallest absolute Gasteiger partial charge is 0.377 e. The van der Waals surface area contributed by atoms with Crippen molar-refractivity contribution in [3.63, 3.8) is 0 Å². The van der Waals surface area contributed by atoms with E-state index in [9.17, 15) is 22.8 Å². The molecule has 0 atom stereocenters. The molecular formula is C25H22ClF3N4O3. The van der Waals surface area contributed by atoms with E-state index < -0.39 is 29.1 Å². The quantitative estimate of drug-likeness (QED) is 0.308. The van der Waals surface area contributed by atoms with Crippen LogP contribution in [0.3, 0.4) is 0 Å². The van der Waals surface area contributed by atoms with Gasteiger partial charge in [-0.15, -0.1) is 12.4 Å². The van der Waals surface area contributed by atoms with Gasteiger partial charge in [0.05, 0.1) is 22.2 Å². The van der Waals surface area contributed by atoms with Gasteiger partial charge in [-0.1, -0.05) is 42.5 Å². The third kappa shape index (κ3) is 6.02. The van der Waals surface area contributed by atoms with Gasteiger partial charge in [-0.25, -0.2) is 4.98 Å². The Balaban J connectivity index is 0.00000361. The molecule has 4 rings (SSSR count). The fraction of sp³-hybridized carbons (Fsp3) is 0.160. The highest BCUT2D eigenvalue weighted by Gasteiger charge is 2.35. The van der Waals surface area contributed by atoms with Gasteiger partial charge < -0.3 is 20.4 Å². The molecule has 188 valence electrons. The SMILES string of the molecule is COCc1nc2c(C(=O)NCc3ccccc3)cc(NC(=O)c3ccccc3C(F)(F)F)cc2[nH]1.Cl. The zero-order chi connectivity index (χ0) is 25.0. The summed E-state index contributed by atoms with van der Waals surface area (Å²) < 4.78 is 45.2. The average molecular weight is 519 g/mol. The van der Waals surface area contributed by atoms with Crippen LogP contribution < -0.4 is 10.6 Å². The minimum Gasteiger partial charge on any atom is -0.377 e. The number of alkyl halides is 3. The molecule has 0 spiro atoms. The van der Waals surface area contributed by atoms with Crippen molar-refractivity contribution in [2.75, 3.05) is 12.4 Å². The van der Waals surface area contributed by atoms with Crippen molar-refractivity contribution in [1.82, 2.24) is 15.3 Å². The summed E-state index contributed by atoms with van der Waals surface area (Å²) in [5, 5.41) is 5.28. The molecule has 0 radical (unpaired) electrons. The lowest BCUT2D eigenvalue weighted by molar-refractivity contribution is -0.137. The molecule has 0 bridgehead atoms. The van der Waals surface area contributed by atoms with Gasteiger partial charge in [-0.3, -0.25) is 9.59 Å². The second kappa shape index (κ2) is 11.2. The number of imidazole rings is 1. The molecular weight excluding hydrogens is 497 g/mol. The topological polar surface area (TPSA) is 96.1 Å². The number of benzene rings is 3. The predicted molar refractivity (Wildman–Crippen MR) is 131 cm³/mol. The molecule has 0 fully saturated rings. The Kier molecular flexibility index (Phi) is 8.33. The van der Waals surface area contributed by atoms with Crippen molar-refractivity contribution in [1.29, 1.82) is 0 Å². The number of carbonyl (C=O) groups excluding carboxylic acids is 2. The summed E-state index contributed by atoms with van der Waals surface area (Å²) >= 11 is 0. The number of carbonyl (C=O) groups is 2. The summed E-state index contributed by atoms with van der Waals surface area (Å²) in [5.74, 6) is -0.962. The van der Waals surface area contributed by atoms with Crippen molar-refractivity contribution in [3.8, 4) is 0 Å². The third-order valence-corrected chi connectivity index (χ3v) is 5.19. The van der Waals surface area contributed by atoms with Crippen LogP contribution >= 0.6 is 12.4 Å². The molecule has 0 aliphatic carbocycles. The molecule has 0 unspecified atom stereocenters. The van der Waals surface area contributed by atoms with Gasteiger partial charge in [0.15, 0.2) is 0 Å². The number of H-pyrrole nitrogens is 1. The third-order valence-electron chi connectivity index (χ3n) is 5.19. The minimum absolute atomic E-state index is 0. The van der Waals surface area contributed by atoms with Gasteiger partial charge in [0.2, 0.25) is 0 Å². The summed E-state index contributed by atoms with van der Waals surface area (Å²) in [5.41, 5.74) is 0.351. The number of hydrogen-bond acceptors (Lipinski definition) is 4. The lowest BCUT2D eigenvalue weighted by atomic mass is 10.1. The zero-order valence-corrected chi connectivity index (χ0v) is 19.8. The molecule has 4 aromatic rings. The van der Waals surface area contributed by atoms with Crippen LogP contribution in [0.1, 0.15) is 37.7 Å². The Morgan fingerprint density at radius 3 is 2.36 bits per heavy atom. The van der Waals surface area contributed by atoms with E-state index in [1.54, 1.807) is 0 Å². The number of aromatic amines is 1. The fourth-order valence-electron chi connectivity index (χ4n) is 3.62. The first-order chi connectivity index (χ1) is 16.8. The first-order valence-electron chi connectivity index (χ1n) is 10.6. The number of hydrogen-bond donors (Lipinski definition) is 3. The summed E-state index contributed by atoms with van der Waals surface area (Å²) in [7, 11) is 1.49. The van der Waals surface area contributed by atoms with E-state index in [1.165, 1.54) is 31.4 Å². The summed E-state index contributed by atoms with van der Waals surface area (Å²) in [4.78, 5) is 33.2. The number of ether oxygens (including phenoxy) is 1. The van der Waals surface area contributed by atoms with E-state index in [0.717, 1.165) is 17.7 Å². The molecule has 7 nitrogen and oxygen atoms in total. The van der Waals surface area contributed by atoms with E-state index in [-0.39, 0.29) is 36.8 Å². The van der Waals surface area contributed by atoms with Crippen LogP contribution in [0.4, 0.5) is 18.9 Å². The van der Waals surface area contributed by atoms with Gasteiger partial charge in [-0.05, 0) is 29.8 Å². The van der Waals surface area contributed by atoms with Crippen LogP contribution in [0, 0.1) is 0 Å². The second-order valence-corrected chi connectivity index (χ2v) is 7.70. The molecule has 36 heavy (non-hydrogen) atoms. The maximum atomic E-state index is 13.4. The highest BCUT2D eigenvalue weighted by molar-refractivity contribution is 6.10. The second-order valence-electron chi connectivity index (χ2n) is 7.70. The molecule has 0 aliphatic rings. The van der Waals surface area contributed by atoms with Gasteiger partial charge >= 0.3 is 6.18 Å². The Hall–Kier alpha value is -3.89. The van der Waals surface area contributed by atoms with E-state index in [4.69, 9.17) is 4.74 Å². The average Bonchev–Trinajstić information content (AvgIpc) is 3.24. The van der Waals surface area contributed by atoms with Gasteiger partial charge in [0, 0.05) is 19.3 Å². The van der Waals surface area contributed by atoms with E-state index in [0.29, 0.717) is 16.9 Å². The van der Waals surface area contributed by atoms with Crippen LogP contribution in [0.2, 0.25) is 0 Å². The number of rotatable bonds is 7. The van der Waals surface area contributed by atoms with Crippen LogP contribution in [0.5, 0.6) is 0 Å². The monoisotopic (exact) mass is 518 g/mol. The van der Waals surface area contributed by atoms with Crippen molar-refractivity contribution in [2.45, 2.75) is 19.3 Å². The van der Waals surface area contributed by atoms with Gasteiger partial charge in [0.1, 0.15) is 17.9 Å². The predicted octanol–water partition coefficient (Wildman–Crippen LogP) is 5.33. The standard InChI is InChI=1S/C25H21F3N4O3.ClH/c1-35-14-21-31-20-12-16(30-24(34)17-9-5-6-10-19(17)25(26,27)28)11-18(22(20)32-21)23(33)29-13-15-7-3-2-4-8-15;/h2-12H,13-14H2,1H3,(H,29,33)(H,30,34)(H,31,32);1H. The van der Waals surface area contributed by atoms with Gasteiger partial charge in [0.25, 0.3) is 11.8 Å². The first-order valence-corrected chi connectivity index (χ1v) is 10.6. The minimum atomic E-state index is -4.70. The maximum absolute atomic E-state index is 13.4. The maximum Gasteiger partial charge on any atom is 0.417 e. The molecule has 1 aromatic heterocycles. The molecule has 2 amide bonds. The summed E-state index contributed by atoms with van der Waals surface area (Å²) in [6.45, 7) is 0.409. The van der Waals surface area contributed by atoms with Crippen molar-refractivity contribution in [2.24, 2.45) is 0 Å². The lowest BCUT2D eigenvalue weighted by Crippen LogP contribution is -2.23. The number of fused-ring (bicyclic) bond motifs is 1. The molecule has 11 heteroatoms. The molecule has 3 aromatic carbocycles. The highest BCUT2D eigenvalue weighted by atomic mass is 35.5. The molecule has 1 heterocycles. The van der Waals surface area contributed by atoms with Crippen molar-refractivity contribution in [3.05, 3.63) is 94.8 Å². The largest absolute Gasteiger partial charge is 0.417 e. The Morgan fingerprint density at radius 1 is 0.972 bits per heavy atom. The van der Waals surface area contributed by atoms with Crippen LogP contribution in [-0.4, -0.2) is 28.9 Å². The summed E-state index contributed by atoms with van der Waals surface area (Å²) in [6, 6.07) is 16.6. The van der Waals surface area contributed by atoms with Crippen LogP contribution in [0.15, 0.2) is 66.7 Å². The number of amides is 2. The Bertz CT molecular complexity index is 1370. The summed E-state index contributed by atoms with van der Waals surface area (Å²) in [6.07, 6.45) is -4.70. The normalized spacial score (nSPS) is 11.1. The lowest BCUT2D eigenvalue weighted by Gasteiger charge is -2.13. The molecule has 0 saturated carbocycles. The van der Waals surface area contributed by atoms with E-state index >= 15 is 0 Å². The molecule has 0 aliphatic heterocycles. The van der Waals surface area contributed by atoms with Crippen LogP contribution in [-0.2, 0) is 24.1 Å². The molecule has 0 saturated heterocycles. The Labute approximate surface area is 210 Å². The van der Waals surface area contributed by atoms with Crippen molar-refractivity contribution < 1.29 is 27.5 Å². The first kappa shape index (κ1) is 26.7. The Morgan fingerprint density at radius 2 is 1.67 bits per heavy atom. The van der Waals surface area contributed by atoms with E-state index in [2.05, 4.69) is 20.6 Å². The number of halogens is 4.